The minimum absolute atomic E-state index is 0. The van der Waals surface area contributed by atoms with Crippen LogP contribution in [0.25, 0.3) is 22.2 Å². The minimum Gasteiger partial charge on any atom is -1.00 e. The van der Waals surface area contributed by atoms with Gasteiger partial charge < -0.3 is 122 Å². The van der Waals surface area contributed by atoms with Gasteiger partial charge in [0, 0.05) is 78.4 Å². The van der Waals surface area contributed by atoms with Crippen molar-refractivity contribution in [2.24, 2.45) is 17.8 Å². The van der Waals surface area contributed by atoms with Gasteiger partial charge in [-0.05, 0) is 203 Å². The van der Waals surface area contributed by atoms with E-state index in [1.807, 2.05) is 93.6 Å². The van der Waals surface area contributed by atoms with E-state index in [1.54, 1.807) is 87.5 Å². The van der Waals surface area contributed by atoms with E-state index < -0.39 is 95.7 Å². The van der Waals surface area contributed by atoms with Gasteiger partial charge in [0.25, 0.3) is 17.7 Å². The Balaban J connectivity index is 0.000000237. The summed E-state index contributed by atoms with van der Waals surface area (Å²) in [6.45, 7) is 14.3. The fraction of sp³-hybridized carbons (Fsp3) is 0.588. The van der Waals surface area contributed by atoms with E-state index in [0.717, 1.165) is 24.3 Å². The zero-order chi connectivity index (χ0) is 96.2. The standard InChI is InChI=1S/C38H52N4O8.C30H46N4O6.C20H27NO5.C13H15NO5.CH3.BH4.H/c1-38(2,3)50-37(46)39-21-13-12-19-30(34(44)36-41-29-18-10-11-20-32(29)49-36)40-35(45)31-22-28(47-24-26-14-6-4-7-15-26)23-42(31)33(43)25-48-27-16-8-5-9-17-27;1-30(2,3)40-29(37)31-16-10-9-14-23(26(35)28-34-22-13-7-8-15-25(22)39-28)33-27(36)24-17-21(18-32-24)38-19-20-11-5-4-6-12-20;22-19(14-26-16-9-5-2-6-10-16)21-12-17(11-18(21)20(23)24)25-13-15-7-3-1-4-8-15;15-9-6-11(13(17)18)14(7-9)12(16)8-19-10-4-2-1-3-5-10;;;/h5,8-11,16-18,20,26,28,30-31,34,44H,4,6-7,12-15,19,21-25H2,1-3H3,(H,39,46)(H,40,45);7-8,13,15,20-21,23-24,26,32,35H,4-6,9-12,14,16-19H2,1-3H3,(H,31,37)(H,33,36);2,5-6,9-10,15,17-18H,1,3-4,7-8,11-14H2,(H,23,24);1-5,9,11,15H,6-8H2,(H,17,18);1H3;1H4;/q;;;;3*-1/t28-,30+,31+,34?;21-,23+,24+,26?;17-,18+;9-,11+;;;/m1111.../s1/i;;;;;;1+1. The molecule has 4 aliphatic heterocycles. The van der Waals surface area contributed by atoms with Crippen molar-refractivity contribution in [3.05, 3.63) is 159 Å². The summed E-state index contributed by atoms with van der Waals surface area (Å²) in [6, 6.07) is 37.1. The largest absolute Gasteiger partial charge is 1.00 e. The lowest BCUT2D eigenvalue weighted by Gasteiger charge is -2.28. The molecule has 137 heavy (non-hydrogen) atoms. The van der Waals surface area contributed by atoms with Crippen LogP contribution >= 0.6 is 0 Å². The van der Waals surface area contributed by atoms with E-state index >= 15 is 0 Å². The van der Waals surface area contributed by atoms with Crippen LogP contribution in [0.4, 0.5) is 9.59 Å². The van der Waals surface area contributed by atoms with Gasteiger partial charge in [0.05, 0.1) is 42.5 Å². The summed E-state index contributed by atoms with van der Waals surface area (Å²) < 4.78 is 57.2. The van der Waals surface area contributed by atoms with Crippen LogP contribution in [0.15, 0.2) is 148 Å². The number of hydrogen-bond donors (Lipinski definition) is 10. The molecule has 7 amide bonds. The van der Waals surface area contributed by atoms with Crippen LogP contribution in [0.2, 0.25) is 0 Å². The van der Waals surface area contributed by atoms with E-state index in [2.05, 4.69) is 36.6 Å². The number of β-amino-alcohol motifs (C(OH)–C–C–N with tert-alkyl or cyclic N) is 1. The molecule has 14 rings (SSSR count). The van der Waals surface area contributed by atoms with Crippen molar-refractivity contribution in [1.82, 2.24) is 51.3 Å². The molecule has 0 radical (unpaired) electrons. The Morgan fingerprint density at radius 1 is 0.453 bits per heavy atom. The number of para-hydroxylation sites is 7. The molecule has 4 saturated heterocycles. The summed E-state index contributed by atoms with van der Waals surface area (Å²) in [4.78, 5) is 125. The third-order valence-corrected chi connectivity index (χ3v) is 25.0. The van der Waals surface area contributed by atoms with Crippen molar-refractivity contribution in [3.63, 3.8) is 0 Å². The zero-order valence-corrected chi connectivity index (χ0v) is 79.8. The molecule has 7 fully saturated rings. The molecule has 3 saturated carbocycles. The quantitative estimate of drug-likeness (QED) is 0.00976. The molecule has 12 atom stereocenters. The molecule has 7 aliphatic rings. The Hall–Kier alpha value is -10.9. The van der Waals surface area contributed by atoms with Gasteiger partial charge >= 0.3 is 24.1 Å². The maximum absolute atomic E-state index is 14.1. The predicted molar refractivity (Wildman–Crippen MR) is 520 cm³/mol. The highest BCUT2D eigenvalue weighted by molar-refractivity contribution is 5.90. The average Bonchev–Trinajstić information content (AvgIpc) is 1.66. The minimum atomic E-state index is -1.25. The summed E-state index contributed by atoms with van der Waals surface area (Å²) in [5, 5.41) is 65.5. The third kappa shape index (κ3) is 36.4. The van der Waals surface area contributed by atoms with Crippen LogP contribution in [0.5, 0.6) is 17.2 Å². The number of alkyl carbamates (subject to hydrolysis) is 2. The van der Waals surface area contributed by atoms with Gasteiger partial charge in [0.15, 0.2) is 43.2 Å². The molecule has 5 aromatic carbocycles. The molecule has 0 bridgehead atoms. The normalized spacial score (nSPS) is 21.1. The van der Waals surface area contributed by atoms with E-state index in [4.69, 9.17) is 51.8 Å². The summed E-state index contributed by atoms with van der Waals surface area (Å²) >= 11 is 0. The number of carboxylic acid groups (broad SMARTS) is 2. The lowest BCUT2D eigenvalue weighted by atomic mass is 9.90. The van der Waals surface area contributed by atoms with Crippen LogP contribution in [0, 0.1) is 25.2 Å². The summed E-state index contributed by atoms with van der Waals surface area (Å²) in [5.41, 5.74) is 1.19. The number of unbranched alkanes of at least 4 members (excludes halogenated alkanes) is 2. The first-order chi connectivity index (χ1) is 64.9. The summed E-state index contributed by atoms with van der Waals surface area (Å²) in [7, 11) is 0. The average molecular weight is 1910 g/mol. The van der Waals surface area contributed by atoms with Crippen molar-refractivity contribution in [2.45, 2.75) is 286 Å². The lowest BCUT2D eigenvalue weighted by Crippen LogP contribution is -2.51. The first-order valence-electron chi connectivity index (χ1n) is 48.2. The number of carbonyl (C=O) groups excluding carboxylic acids is 7. The number of aliphatic hydroxyl groups excluding tert-OH is 3. The maximum Gasteiger partial charge on any atom is 0.407 e. The number of nitrogens with zero attached hydrogens (tertiary/aromatic N) is 5. The van der Waals surface area contributed by atoms with Gasteiger partial charge in [-0.3, -0.25) is 24.0 Å². The van der Waals surface area contributed by atoms with Gasteiger partial charge in [-0.15, -0.1) is 0 Å². The number of aliphatic hydroxyl groups is 3. The molecule has 2 aromatic heterocycles. The van der Waals surface area contributed by atoms with E-state index in [0.29, 0.717) is 154 Å². The SMILES string of the molecule is CC(C)(C)OC(=O)NCCCC[C@H](NC(=O)[C@@H]1C[C@@H](OCC2CCCCC2)CN1)C(O)c1nc2ccccc2o1.CC(C)(C)OC(=O)NCCCC[C@H](NC(=O)[C@@H]1C[C@@H](OCC2CCCCC2)CN1C(=O)COc1ccccc1)C(O)c1nc2ccccc2o1.O=C(O)[C@@H]1C[C@@H](O)CN1C(=O)COc1ccccc1.O=C(O)[C@@H]1C[C@@H](OCC2CCCCC2)CN1C(=O)COc1ccccc1.[2H-].[BH4-].[CH3-]. The molecule has 10 N–H and O–H groups in total. The van der Waals surface area contributed by atoms with E-state index in [-0.39, 0.29) is 110 Å². The second-order valence-corrected chi connectivity index (χ2v) is 38.1. The van der Waals surface area contributed by atoms with Crippen molar-refractivity contribution in [2.75, 3.05) is 78.9 Å². The number of nitrogens with one attached hydrogen (secondary N) is 5. The second-order valence-electron chi connectivity index (χ2n) is 38.1. The smallest absolute Gasteiger partial charge is 0.407 e. The Morgan fingerprint density at radius 2 is 0.803 bits per heavy atom. The van der Waals surface area contributed by atoms with Gasteiger partial charge in [-0.25, -0.2) is 29.1 Å². The van der Waals surface area contributed by atoms with Gasteiger partial charge in [-0.2, -0.15) is 0 Å². The van der Waals surface area contributed by atoms with Crippen LogP contribution in [-0.4, -0.2) is 263 Å². The number of likely N-dealkylation sites (tertiary alicyclic amines) is 3. The number of benzene rings is 5. The van der Waals surface area contributed by atoms with Gasteiger partial charge in [0.1, 0.15) is 57.6 Å². The number of ether oxygens (including phenoxy) is 8. The number of carbonyl (C=O) groups is 9. The molecule has 7 aromatic rings. The van der Waals surface area contributed by atoms with Crippen LogP contribution < -0.4 is 40.8 Å². The fourth-order valence-corrected chi connectivity index (χ4v) is 17.9. The molecule has 756 valence electrons. The molecule has 34 nitrogen and oxygen atoms in total. The molecular formula is C102H148BN10O24-3. The Labute approximate surface area is 807 Å². The maximum atomic E-state index is 14.1. The first-order valence-corrected chi connectivity index (χ1v) is 48.2. The number of hydrogen-bond acceptors (Lipinski definition) is 25. The summed E-state index contributed by atoms with van der Waals surface area (Å²) in [5.74, 6) is -0.0771. The number of oxazole rings is 2. The number of amides is 7. The molecule has 0 spiro atoms. The van der Waals surface area contributed by atoms with E-state index in [1.165, 1.54) is 93.3 Å². The monoisotopic (exact) mass is 1910 g/mol. The third-order valence-electron chi connectivity index (χ3n) is 25.0. The molecular weight excluding hydrogens is 1760 g/mol. The number of rotatable bonds is 38. The number of carboxylic acids is 2. The van der Waals surface area contributed by atoms with Crippen LogP contribution in [-0.2, 0) is 57.2 Å². The van der Waals surface area contributed by atoms with Gasteiger partial charge in [-0.1, -0.05) is 145 Å². The first kappa shape index (κ1) is 110. The lowest BCUT2D eigenvalue weighted by molar-refractivity contribution is -0.149. The molecule has 2 unspecified atom stereocenters. The van der Waals surface area contributed by atoms with Crippen molar-refractivity contribution in [1.29, 1.82) is 0 Å². The topological polar surface area (TPSA) is 451 Å². The van der Waals surface area contributed by atoms with Crippen molar-refractivity contribution < 1.29 is 117 Å². The predicted octanol–water partition coefficient (Wildman–Crippen LogP) is 12.0. The second kappa shape index (κ2) is 55.6. The van der Waals surface area contributed by atoms with E-state index in [9.17, 15) is 63.6 Å². The van der Waals surface area contributed by atoms with Gasteiger partial charge in [0.2, 0.25) is 23.6 Å². The summed E-state index contributed by atoms with van der Waals surface area (Å²) in [6.07, 6.45) is 18.4. The Morgan fingerprint density at radius 3 is 1.19 bits per heavy atom. The van der Waals surface area contributed by atoms with Crippen LogP contribution in [0.3, 0.4) is 0 Å². The fourth-order valence-electron chi connectivity index (χ4n) is 17.9. The van der Waals surface area contributed by atoms with Crippen LogP contribution in [0.1, 0.15) is 227 Å². The number of aliphatic carboxylic acids is 2. The van der Waals surface area contributed by atoms with Crippen molar-refractivity contribution >= 4 is 84.3 Å². The Bertz CT molecular complexity index is 4770. The number of aromatic nitrogens is 2. The molecule has 3 aliphatic carbocycles. The molecule has 6 heterocycles. The highest BCUT2D eigenvalue weighted by Gasteiger charge is 2.45. The number of fused-ring (bicyclic) bond motifs is 2. The highest BCUT2D eigenvalue weighted by Crippen LogP contribution is 2.34. The highest BCUT2D eigenvalue weighted by atomic mass is 16.6. The van der Waals surface area contributed by atoms with Crippen molar-refractivity contribution in [3.8, 4) is 17.2 Å². The molecule has 35 heteroatoms. The Kier molecular flexibility index (Phi) is 44.5. The zero-order valence-electron chi connectivity index (χ0n) is 80.8.